The van der Waals surface area contributed by atoms with Crippen LogP contribution in [0.1, 0.15) is 57.8 Å². The summed E-state index contributed by atoms with van der Waals surface area (Å²) in [6.45, 7) is 7.82. The molecule has 4 heteroatoms. The summed E-state index contributed by atoms with van der Waals surface area (Å²) in [4.78, 5) is 5.22. The molecule has 0 amide bonds. The Morgan fingerprint density at radius 3 is 1.61 bits per heavy atom. The summed E-state index contributed by atoms with van der Waals surface area (Å²) in [7, 11) is 0. The number of piperidine rings is 2. The zero-order valence-corrected chi connectivity index (χ0v) is 15.7. The third-order valence-electron chi connectivity index (χ3n) is 6.14. The summed E-state index contributed by atoms with van der Waals surface area (Å²) in [5.74, 6) is 2.09. The van der Waals surface area contributed by atoms with Gasteiger partial charge in [-0.2, -0.15) is 12.6 Å². The van der Waals surface area contributed by atoms with Crippen LogP contribution in [0.3, 0.4) is 0 Å². The lowest BCUT2D eigenvalue weighted by Crippen LogP contribution is -2.40. The van der Waals surface area contributed by atoms with Gasteiger partial charge >= 0.3 is 0 Å². The van der Waals surface area contributed by atoms with E-state index in [9.17, 15) is 0 Å². The van der Waals surface area contributed by atoms with Gasteiger partial charge < -0.3 is 15.5 Å². The number of thiol groups is 1. The van der Waals surface area contributed by atoms with Crippen LogP contribution in [0.2, 0.25) is 0 Å². The van der Waals surface area contributed by atoms with Gasteiger partial charge in [0.2, 0.25) is 0 Å². The number of rotatable bonds is 4. The molecule has 2 aliphatic heterocycles. The van der Waals surface area contributed by atoms with Gasteiger partial charge in [0.1, 0.15) is 0 Å². The zero-order chi connectivity index (χ0) is 16.1. The zero-order valence-electron chi connectivity index (χ0n) is 14.8. The van der Waals surface area contributed by atoms with E-state index in [1.807, 2.05) is 0 Å². The molecule has 2 saturated carbocycles. The molecule has 0 aromatic rings. The molecule has 0 spiro atoms. The van der Waals surface area contributed by atoms with Crippen LogP contribution < -0.4 is 5.73 Å². The van der Waals surface area contributed by atoms with Gasteiger partial charge in [-0.15, -0.1) is 0 Å². The normalized spacial score (nSPS) is 29.0. The first-order valence-corrected chi connectivity index (χ1v) is 10.6. The molecule has 4 fully saturated rings. The molecule has 2 aliphatic carbocycles. The molecule has 0 aromatic heterocycles. The van der Waals surface area contributed by atoms with Crippen molar-refractivity contribution in [2.45, 2.75) is 69.1 Å². The highest BCUT2D eigenvalue weighted by atomic mass is 32.1. The maximum absolute atomic E-state index is 5.82. The minimum absolute atomic E-state index is 0.491. The lowest BCUT2D eigenvalue weighted by atomic mass is 9.85. The maximum Gasteiger partial charge on any atom is 0.00631 e. The first kappa shape index (κ1) is 18.0. The van der Waals surface area contributed by atoms with Crippen LogP contribution in [-0.4, -0.2) is 60.4 Å². The lowest BCUT2D eigenvalue weighted by Gasteiger charge is -2.35. The van der Waals surface area contributed by atoms with Crippen LogP contribution >= 0.6 is 12.6 Å². The molecule has 2 N–H and O–H groups in total. The largest absolute Gasteiger partial charge is 0.328 e. The van der Waals surface area contributed by atoms with Crippen LogP contribution in [0.4, 0.5) is 0 Å². The van der Waals surface area contributed by atoms with Gasteiger partial charge in [0, 0.05) is 24.4 Å². The molecule has 4 aliphatic rings. The maximum atomic E-state index is 5.82. The second-order valence-corrected chi connectivity index (χ2v) is 9.14. The highest BCUT2D eigenvalue weighted by Crippen LogP contribution is 2.30. The Morgan fingerprint density at radius 2 is 1.17 bits per heavy atom. The van der Waals surface area contributed by atoms with Crippen LogP contribution in [0.25, 0.3) is 0 Å². The van der Waals surface area contributed by atoms with Crippen molar-refractivity contribution in [3.8, 4) is 0 Å². The van der Waals surface area contributed by atoms with Gasteiger partial charge in [-0.05, 0) is 89.4 Å². The molecule has 23 heavy (non-hydrogen) atoms. The Balaban J connectivity index is 0.000000136. The minimum Gasteiger partial charge on any atom is -0.328 e. The molecule has 0 atom stereocenters. The molecule has 2 saturated heterocycles. The molecular weight excluding hydrogens is 302 g/mol. The molecule has 4 rings (SSSR count). The van der Waals surface area contributed by atoms with Gasteiger partial charge in [-0.1, -0.05) is 6.42 Å². The van der Waals surface area contributed by atoms with Crippen molar-refractivity contribution in [1.82, 2.24) is 9.80 Å². The fourth-order valence-corrected chi connectivity index (χ4v) is 4.17. The predicted molar refractivity (Wildman–Crippen MR) is 102 cm³/mol. The summed E-state index contributed by atoms with van der Waals surface area (Å²) >= 11 is 4.50. The second kappa shape index (κ2) is 9.07. The van der Waals surface area contributed by atoms with E-state index < -0.39 is 0 Å². The molecule has 0 unspecified atom stereocenters. The quantitative estimate of drug-likeness (QED) is 0.772. The molecule has 0 bridgehead atoms. The van der Waals surface area contributed by atoms with Crippen molar-refractivity contribution in [1.29, 1.82) is 0 Å². The Hall–Kier alpha value is 0.230. The third kappa shape index (κ3) is 6.56. The van der Waals surface area contributed by atoms with Crippen LogP contribution in [0.5, 0.6) is 0 Å². The highest BCUT2D eigenvalue weighted by Gasteiger charge is 2.26. The molecule has 0 radical (unpaired) electrons. The summed E-state index contributed by atoms with van der Waals surface area (Å²) in [6.07, 6.45) is 12.4. The van der Waals surface area contributed by atoms with Crippen molar-refractivity contribution in [3.63, 3.8) is 0 Å². The monoisotopic (exact) mass is 339 g/mol. The lowest BCUT2D eigenvalue weighted by molar-refractivity contribution is 0.157. The van der Waals surface area contributed by atoms with E-state index in [2.05, 4.69) is 22.4 Å². The number of hydrogen-bond donors (Lipinski definition) is 2. The number of nitrogens with two attached hydrogens (primary N) is 1. The van der Waals surface area contributed by atoms with Crippen molar-refractivity contribution in [3.05, 3.63) is 0 Å². The van der Waals surface area contributed by atoms with Gasteiger partial charge in [0.05, 0.1) is 0 Å². The Bertz CT molecular complexity index is 328. The average molecular weight is 340 g/mol. The molecule has 0 aromatic carbocycles. The topological polar surface area (TPSA) is 32.5 Å². The van der Waals surface area contributed by atoms with Crippen LogP contribution in [0, 0.1) is 11.8 Å². The predicted octanol–water partition coefficient (Wildman–Crippen LogP) is 3.00. The average Bonchev–Trinajstić information content (AvgIpc) is 3.32. The van der Waals surface area contributed by atoms with Gasteiger partial charge in [-0.25, -0.2) is 0 Å². The summed E-state index contributed by atoms with van der Waals surface area (Å²) < 4.78 is 0. The molecule has 2 heterocycles. The summed E-state index contributed by atoms with van der Waals surface area (Å²) in [5, 5.41) is 0.683. The van der Waals surface area contributed by atoms with Crippen LogP contribution in [0.15, 0.2) is 0 Å². The van der Waals surface area contributed by atoms with Crippen molar-refractivity contribution in [2.75, 3.05) is 39.3 Å². The SMILES string of the molecule is NC1CCN(CC2CC2)CC1.SC1CCN(CC2CCC2)CC1. The Labute approximate surface area is 148 Å². The number of hydrogen-bond acceptors (Lipinski definition) is 4. The molecular formula is C19H37N3S. The standard InChI is InChI=1S/C10H19NS.C9H18N2/c12-10-4-6-11(7-5-10)8-9-2-1-3-9;10-9-3-5-11(6-4-9)7-8-1-2-8/h9-10,12H,1-8H2;8-9H,1-7,10H2. The van der Waals surface area contributed by atoms with E-state index in [4.69, 9.17) is 5.73 Å². The Kier molecular flexibility index (Phi) is 7.11. The van der Waals surface area contributed by atoms with Gasteiger partial charge in [-0.3, -0.25) is 0 Å². The minimum atomic E-state index is 0.491. The fraction of sp³-hybridized carbons (Fsp3) is 1.00. The Morgan fingerprint density at radius 1 is 0.696 bits per heavy atom. The second-order valence-electron chi connectivity index (χ2n) is 8.41. The first-order valence-electron chi connectivity index (χ1n) is 10.1. The third-order valence-corrected chi connectivity index (χ3v) is 6.66. The number of likely N-dealkylation sites (tertiary alicyclic amines) is 2. The van der Waals surface area contributed by atoms with E-state index >= 15 is 0 Å². The van der Waals surface area contributed by atoms with E-state index in [0.29, 0.717) is 11.3 Å². The number of nitrogens with zero attached hydrogens (tertiary/aromatic N) is 2. The molecule has 3 nitrogen and oxygen atoms in total. The van der Waals surface area contributed by atoms with Crippen molar-refractivity contribution in [2.24, 2.45) is 17.6 Å². The van der Waals surface area contributed by atoms with Gasteiger partial charge in [0.15, 0.2) is 0 Å². The van der Waals surface area contributed by atoms with Crippen molar-refractivity contribution >= 4 is 12.6 Å². The van der Waals surface area contributed by atoms with E-state index in [0.717, 1.165) is 11.8 Å². The van der Waals surface area contributed by atoms with Crippen LogP contribution in [-0.2, 0) is 0 Å². The van der Waals surface area contributed by atoms with Crippen molar-refractivity contribution < 1.29 is 0 Å². The fourth-order valence-electron chi connectivity index (χ4n) is 3.94. The summed E-state index contributed by atoms with van der Waals surface area (Å²) in [6, 6.07) is 0.491. The van der Waals surface area contributed by atoms with Gasteiger partial charge in [0.25, 0.3) is 0 Å². The van der Waals surface area contributed by atoms with E-state index in [1.165, 1.54) is 97.1 Å². The first-order chi connectivity index (χ1) is 11.2. The summed E-state index contributed by atoms with van der Waals surface area (Å²) in [5.41, 5.74) is 5.82. The van der Waals surface area contributed by atoms with E-state index in [1.54, 1.807) is 0 Å². The smallest absolute Gasteiger partial charge is 0.00631 e. The molecule has 134 valence electrons. The highest BCUT2D eigenvalue weighted by molar-refractivity contribution is 7.80. The van der Waals surface area contributed by atoms with E-state index in [-0.39, 0.29) is 0 Å².